The molecule has 0 aromatic carbocycles. The van der Waals surface area contributed by atoms with Crippen molar-refractivity contribution in [3.05, 3.63) is 0 Å². The molecule has 0 amide bonds. The minimum absolute atomic E-state index is 0.0721. The van der Waals surface area contributed by atoms with Crippen LogP contribution in [0.3, 0.4) is 0 Å². The van der Waals surface area contributed by atoms with Gasteiger partial charge >= 0.3 is 0 Å². The quantitative estimate of drug-likeness (QED) is 0.674. The van der Waals surface area contributed by atoms with E-state index >= 15 is 0 Å². The number of hydrogen-bond acceptors (Lipinski definition) is 0. The fraction of sp³-hybridized carbons (Fsp3) is 1.00. The third kappa shape index (κ3) is 3.84. The second-order valence-corrected chi connectivity index (χ2v) is 15.8. The van der Waals surface area contributed by atoms with Gasteiger partial charge in [-0.25, -0.2) is 0 Å². The maximum absolute atomic E-state index is 2.51. The fourth-order valence-electron chi connectivity index (χ4n) is 3.25. The molecule has 2 aliphatic rings. The lowest BCUT2D eigenvalue weighted by atomic mass is 10.0. The Morgan fingerprint density at radius 2 is 1.38 bits per heavy atom. The van der Waals surface area contributed by atoms with Crippen LogP contribution in [0.5, 0.6) is 0 Å². The molecule has 0 unspecified atom stereocenters. The van der Waals surface area contributed by atoms with Gasteiger partial charge in [-0.05, 0) is 0 Å². The van der Waals surface area contributed by atoms with Crippen LogP contribution in [0.2, 0.25) is 17.6 Å². The minimum Gasteiger partial charge on any atom is -0.0758 e. The normalized spacial score (nSPS) is 25.1. The van der Waals surface area contributed by atoms with Crippen LogP contribution in [0.15, 0.2) is 0 Å². The van der Waals surface area contributed by atoms with Crippen molar-refractivity contribution in [3.8, 4) is 0 Å². The van der Waals surface area contributed by atoms with Crippen molar-refractivity contribution >= 4 is 25.9 Å². The second-order valence-electron chi connectivity index (χ2n) is 5.48. The first-order valence-electron chi connectivity index (χ1n) is 7.21. The lowest BCUT2D eigenvalue weighted by Crippen LogP contribution is -2.38. The summed E-state index contributed by atoms with van der Waals surface area (Å²) in [5, 5.41) is 0. The predicted octanol–water partition coefficient (Wildman–Crippen LogP) is 4.02. The molecule has 0 heterocycles. The molecule has 0 aromatic rings. The summed E-state index contributed by atoms with van der Waals surface area (Å²) in [7, 11) is 2.81. The van der Waals surface area contributed by atoms with Gasteiger partial charge in [0.05, 0.1) is 0 Å². The van der Waals surface area contributed by atoms with E-state index in [2.05, 4.69) is 6.55 Å². The maximum Gasteiger partial charge on any atom is 0.0266 e. The molecule has 0 nitrogen and oxygen atoms in total. The molecule has 2 fully saturated rings. The van der Waals surface area contributed by atoms with Crippen molar-refractivity contribution in [1.29, 1.82) is 0 Å². The van der Waals surface area contributed by atoms with Crippen LogP contribution in [0.25, 0.3) is 0 Å². The highest BCUT2D eigenvalue weighted by Crippen LogP contribution is 2.34. The fourth-order valence-corrected chi connectivity index (χ4v) is 15.6. The van der Waals surface area contributed by atoms with Gasteiger partial charge in [-0.1, -0.05) is 81.8 Å². The number of hydrogen-bond donors (Lipinski definition) is 0. The van der Waals surface area contributed by atoms with Gasteiger partial charge in [0.15, 0.2) is 0 Å². The third-order valence-electron chi connectivity index (χ3n) is 4.25. The predicted molar refractivity (Wildman–Crippen MR) is 76.8 cm³/mol. The summed E-state index contributed by atoms with van der Waals surface area (Å²) in [4.78, 5) is 0. The van der Waals surface area contributed by atoms with Crippen molar-refractivity contribution in [2.24, 2.45) is 0 Å². The summed E-state index contributed by atoms with van der Waals surface area (Å²) in [5.74, 6) is 0. The Balaban J connectivity index is 1.78. The Hall–Kier alpha value is 0.651. The van der Waals surface area contributed by atoms with Gasteiger partial charge < -0.3 is 0 Å². The lowest BCUT2D eigenvalue weighted by molar-refractivity contribution is 0.495. The molecule has 0 N–H and O–H groups in total. The molecule has 2 saturated carbocycles. The van der Waals surface area contributed by atoms with Crippen molar-refractivity contribution in [3.63, 3.8) is 0 Å². The molecular weight excluding hydrogens is 240 g/mol. The monoisotopic (exact) mass is 265 g/mol. The lowest BCUT2D eigenvalue weighted by Gasteiger charge is -2.31. The van der Waals surface area contributed by atoms with E-state index in [1.165, 1.54) is 42.0 Å². The molecule has 2 aliphatic carbocycles. The molecule has 0 aromatic heterocycles. The molecule has 0 atom stereocenters. The van der Waals surface area contributed by atoms with Crippen LogP contribution in [0.1, 0.15) is 64.2 Å². The molecule has 5 radical (unpaired) electrons. The summed E-state index contributed by atoms with van der Waals surface area (Å²) >= 11 is 0. The van der Waals surface area contributed by atoms with E-state index in [9.17, 15) is 0 Å². The van der Waals surface area contributed by atoms with Gasteiger partial charge in [0.25, 0.3) is 0 Å². The van der Waals surface area contributed by atoms with Crippen molar-refractivity contribution < 1.29 is 0 Å². The Morgan fingerprint density at radius 3 is 1.94 bits per heavy atom. The van der Waals surface area contributed by atoms with Gasteiger partial charge in [-0.15, -0.1) is 0 Å². The molecule has 89 valence electrons. The first-order valence-corrected chi connectivity index (χ1v) is 13.4. The van der Waals surface area contributed by atoms with E-state index in [-0.39, 0.29) is 7.83 Å². The molecule has 16 heavy (non-hydrogen) atoms. The average molecular weight is 266 g/mol. The van der Waals surface area contributed by atoms with E-state index in [1.54, 1.807) is 51.4 Å². The zero-order valence-corrected chi connectivity index (χ0v) is 13.7. The molecular formula is C13H25Si3. The van der Waals surface area contributed by atoms with E-state index in [0.29, 0.717) is 0 Å². The van der Waals surface area contributed by atoms with E-state index < -0.39 is 0 Å². The average Bonchev–Trinajstić information content (AvgIpc) is 2.38. The van der Waals surface area contributed by atoms with E-state index in [0.717, 1.165) is 0 Å². The van der Waals surface area contributed by atoms with E-state index in [4.69, 9.17) is 0 Å². The maximum atomic E-state index is 2.51. The van der Waals surface area contributed by atoms with Gasteiger partial charge in [-0.3, -0.25) is 0 Å². The Bertz CT molecular complexity index is 184. The number of rotatable bonds is 4. The van der Waals surface area contributed by atoms with Crippen LogP contribution in [-0.4, -0.2) is 25.9 Å². The van der Waals surface area contributed by atoms with Crippen molar-refractivity contribution in [2.75, 3.05) is 0 Å². The molecule has 2 rings (SSSR count). The Kier molecular flexibility index (Phi) is 5.86. The van der Waals surface area contributed by atoms with Gasteiger partial charge in [-0.2, -0.15) is 0 Å². The summed E-state index contributed by atoms with van der Waals surface area (Å²) in [5.41, 5.74) is 2.40. The highest BCUT2D eigenvalue weighted by Gasteiger charge is 2.27. The largest absolute Gasteiger partial charge is 0.0758 e. The van der Waals surface area contributed by atoms with Gasteiger partial charge in [0, 0.05) is 25.9 Å². The van der Waals surface area contributed by atoms with Crippen LogP contribution in [0.4, 0.5) is 0 Å². The Morgan fingerprint density at radius 1 is 0.812 bits per heavy atom. The zero-order valence-electron chi connectivity index (χ0n) is 10.7. The summed E-state index contributed by atoms with van der Waals surface area (Å²) in [6.07, 6.45) is 15.6. The van der Waals surface area contributed by atoms with Gasteiger partial charge in [0.1, 0.15) is 0 Å². The topological polar surface area (TPSA) is 0 Å². The zero-order chi connectivity index (χ0) is 11.2. The third-order valence-corrected chi connectivity index (χ3v) is 17.2. The van der Waals surface area contributed by atoms with Crippen LogP contribution in [-0.2, 0) is 0 Å². The molecule has 3 heteroatoms. The Labute approximate surface area is 108 Å². The minimum atomic E-state index is 0.0721. The smallest absolute Gasteiger partial charge is 0.0266 e. The molecule has 0 spiro atoms. The molecule has 0 bridgehead atoms. The SMILES string of the molecule is C[Si][Si]([Si]C1CCCCC1)C1CCCCC1. The summed E-state index contributed by atoms with van der Waals surface area (Å²) in [6.45, 7) is 2.51. The molecule has 0 saturated heterocycles. The van der Waals surface area contributed by atoms with Crippen LogP contribution in [0, 0.1) is 0 Å². The first-order chi connectivity index (χ1) is 7.90. The highest BCUT2D eigenvalue weighted by atomic mass is 29.6. The van der Waals surface area contributed by atoms with Crippen LogP contribution < -0.4 is 0 Å². The van der Waals surface area contributed by atoms with Crippen molar-refractivity contribution in [1.82, 2.24) is 0 Å². The standard InChI is InChI=1S/C13H25Si3/c1-14-16(13-10-6-3-7-11-13)15-12-8-4-2-5-9-12/h12-13H,2-11H2,1H3. The van der Waals surface area contributed by atoms with Gasteiger partial charge in [0.2, 0.25) is 0 Å². The first kappa shape index (κ1) is 13.1. The molecule has 0 aliphatic heterocycles. The summed E-state index contributed by atoms with van der Waals surface area (Å²) < 4.78 is 0. The van der Waals surface area contributed by atoms with Crippen LogP contribution >= 0.6 is 0 Å². The van der Waals surface area contributed by atoms with E-state index in [1.807, 2.05) is 0 Å². The second kappa shape index (κ2) is 7.17. The highest BCUT2D eigenvalue weighted by molar-refractivity contribution is 7.40. The van der Waals surface area contributed by atoms with Crippen molar-refractivity contribution in [2.45, 2.75) is 81.8 Å². The summed E-state index contributed by atoms with van der Waals surface area (Å²) in [6, 6.07) is 0.